The summed E-state index contributed by atoms with van der Waals surface area (Å²) in [6.07, 6.45) is 3.99. The van der Waals surface area contributed by atoms with Gasteiger partial charge in [0.05, 0.1) is 6.61 Å². The Hall–Kier alpha value is -4.24. The van der Waals surface area contributed by atoms with E-state index in [0.29, 0.717) is 46.8 Å². The molecule has 9 heteroatoms. The average molecular weight is 588 g/mol. The predicted octanol–water partition coefficient (Wildman–Crippen LogP) is 7.34. The van der Waals surface area contributed by atoms with E-state index >= 15 is 0 Å². The molecule has 4 N–H and O–H groups in total. The van der Waals surface area contributed by atoms with Gasteiger partial charge in [0.25, 0.3) is 5.91 Å². The molecule has 1 heterocycles. The molecular formula is C34H45N5O4. The molecule has 0 aromatic heterocycles. The van der Waals surface area contributed by atoms with Crippen LogP contribution in [0.25, 0.3) is 0 Å². The molecule has 0 radical (unpaired) electrons. The first kappa shape index (κ1) is 31.7. The summed E-state index contributed by atoms with van der Waals surface area (Å²) in [5, 5.41) is 12.4. The van der Waals surface area contributed by atoms with Crippen LogP contribution >= 0.6 is 0 Å². The van der Waals surface area contributed by atoms with Gasteiger partial charge in [0.2, 0.25) is 0 Å². The molecule has 0 aliphatic carbocycles. The van der Waals surface area contributed by atoms with Crippen molar-refractivity contribution < 1.29 is 19.1 Å². The van der Waals surface area contributed by atoms with Gasteiger partial charge in [-0.25, -0.2) is 4.79 Å². The number of rotatable bonds is 13. The standard InChI is InChI=1S/C34H45N5O4/c1-5-25(6-2)37-34(41)38-29-15-18-31(32(23-29)42-8-4)43-30-16-13-27(14-17-30)36-33(40)24-9-11-26(12-10-24)35-28-19-21-39(7-3)22-20-28/h9-18,23,25,28,35H,5-8,19-22H2,1-4H3,(H,36,40)(H2,37,38,41). The van der Waals surface area contributed by atoms with E-state index in [9.17, 15) is 9.59 Å². The number of nitrogens with zero attached hydrogens (tertiary/aromatic N) is 1. The van der Waals surface area contributed by atoms with Crippen LogP contribution < -0.4 is 30.7 Å². The van der Waals surface area contributed by atoms with Crippen LogP contribution in [-0.2, 0) is 0 Å². The minimum absolute atomic E-state index is 0.128. The van der Waals surface area contributed by atoms with Crippen LogP contribution in [0.5, 0.6) is 17.2 Å². The number of likely N-dealkylation sites (tertiary alicyclic amines) is 1. The minimum Gasteiger partial charge on any atom is -0.490 e. The maximum Gasteiger partial charge on any atom is 0.319 e. The Morgan fingerprint density at radius 1 is 0.814 bits per heavy atom. The number of piperidine rings is 1. The highest BCUT2D eigenvalue weighted by Crippen LogP contribution is 2.34. The molecule has 0 unspecified atom stereocenters. The van der Waals surface area contributed by atoms with Gasteiger partial charge in [0, 0.05) is 53.9 Å². The molecule has 0 spiro atoms. The molecule has 1 aliphatic rings. The second-order valence-electron chi connectivity index (χ2n) is 10.7. The number of carbonyl (C=O) groups is 2. The van der Waals surface area contributed by atoms with Crippen molar-refractivity contribution in [3.8, 4) is 17.2 Å². The molecular weight excluding hydrogens is 542 g/mol. The number of carbonyl (C=O) groups excluding carboxylic acids is 2. The van der Waals surface area contributed by atoms with Crippen molar-refractivity contribution in [1.82, 2.24) is 10.2 Å². The Morgan fingerprint density at radius 3 is 2.09 bits per heavy atom. The van der Waals surface area contributed by atoms with E-state index in [4.69, 9.17) is 9.47 Å². The van der Waals surface area contributed by atoms with Gasteiger partial charge in [-0.3, -0.25) is 4.79 Å². The fraction of sp³-hybridized carbons (Fsp3) is 0.412. The second kappa shape index (κ2) is 15.8. The van der Waals surface area contributed by atoms with E-state index < -0.39 is 0 Å². The Bertz CT molecular complexity index is 1320. The van der Waals surface area contributed by atoms with Crippen molar-refractivity contribution in [1.29, 1.82) is 0 Å². The first-order chi connectivity index (χ1) is 20.9. The summed E-state index contributed by atoms with van der Waals surface area (Å²) in [6, 6.07) is 20.4. The van der Waals surface area contributed by atoms with E-state index in [1.807, 2.05) is 45.0 Å². The zero-order chi connectivity index (χ0) is 30.6. The maximum atomic E-state index is 12.9. The third-order valence-electron chi connectivity index (χ3n) is 7.71. The predicted molar refractivity (Wildman–Crippen MR) is 174 cm³/mol. The zero-order valence-corrected chi connectivity index (χ0v) is 25.7. The van der Waals surface area contributed by atoms with Gasteiger partial charge in [-0.2, -0.15) is 0 Å². The lowest BCUT2D eigenvalue weighted by Crippen LogP contribution is -2.38. The van der Waals surface area contributed by atoms with Gasteiger partial charge in [-0.15, -0.1) is 0 Å². The van der Waals surface area contributed by atoms with Crippen molar-refractivity contribution in [3.05, 3.63) is 72.3 Å². The van der Waals surface area contributed by atoms with Gasteiger partial charge in [0.1, 0.15) is 5.75 Å². The SMILES string of the molecule is CCOc1cc(NC(=O)NC(CC)CC)ccc1Oc1ccc(NC(=O)c2ccc(NC3CCN(CC)CC3)cc2)cc1. The summed E-state index contributed by atoms with van der Waals surface area (Å²) in [7, 11) is 0. The van der Waals surface area contributed by atoms with Crippen LogP contribution in [0.1, 0.15) is 63.7 Å². The summed E-state index contributed by atoms with van der Waals surface area (Å²) in [5.41, 5.74) is 2.90. The Morgan fingerprint density at radius 2 is 1.47 bits per heavy atom. The molecule has 1 saturated heterocycles. The first-order valence-corrected chi connectivity index (χ1v) is 15.4. The summed E-state index contributed by atoms with van der Waals surface area (Å²) < 4.78 is 11.9. The van der Waals surface area contributed by atoms with Crippen molar-refractivity contribution in [3.63, 3.8) is 0 Å². The highest BCUT2D eigenvalue weighted by molar-refractivity contribution is 6.04. The van der Waals surface area contributed by atoms with Gasteiger partial charge in [0.15, 0.2) is 11.5 Å². The van der Waals surface area contributed by atoms with Crippen LogP contribution in [0, 0.1) is 0 Å². The van der Waals surface area contributed by atoms with Crippen molar-refractivity contribution in [2.75, 3.05) is 42.2 Å². The van der Waals surface area contributed by atoms with Crippen LogP contribution in [-0.4, -0.2) is 55.2 Å². The van der Waals surface area contributed by atoms with E-state index in [0.717, 1.165) is 51.0 Å². The zero-order valence-electron chi connectivity index (χ0n) is 25.7. The monoisotopic (exact) mass is 587 g/mol. The largest absolute Gasteiger partial charge is 0.490 e. The van der Waals surface area contributed by atoms with Crippen LogP contribution in [0.2, 0.25) is 0 Å². The van der Waals surface area contributed by atoms with Crippen LogP contribution in [0.15, 0.2) is 66.7 Å². The van der Waals surface area contributed by atoms with Crippen molar-refractivity contribution in [2.45, 2.75) is 65.5 Å². The van der Waals surface area contributed by atoms with Gasteiger partial charge < -0.3 is 35.6 Å². The Labute approximate surface area is 255 Å². The maximum absolute atomic E-state index is 12.9. The van der Waals surface area contributed by atoms with Crippen molar-refractivity contribution >= 4 is 29.0 Å². The van der Waals surface area contributed by atoms with E-state index in [1.54, 1.807) is 42.5 Å². The molecule has 1 aliphatic heterocycles. The number of benzene rings is 3. The highest BCUT2D eigenvalue weighted by atomic mass is 16.5. The van der Waals surface area contributed by atoms with Crippen LogP contribution in [0.4, 0.5) is 21.9 Å². The number of nitrogens with one attached hydrogen (secondary N) is 4. The van der Waals surface area contributed by atoms with E-state index in [1.165, 1.54) is 0 Å². The van der Waals surface area contributed by atoms with Gasteiger partial charge in [-0.05, 0) is 99.8 Å². The lowest BCUT2D eigenvalue weighted by Gasteiger charge is -2.32. The molecule has 3 aromatic rings. The second-order valence-corrected chi connectivity index (χ2v) is 10.7. The fourth-order valence-corrected chi connectivity index (χ4v) is 5.07. The molecule has 3 aromatic carbocycles. The lowest BCUT2D eigenvalue weighted by molar-refractivity contribution is 0.102. The van der Waals surface area contributed by atoms with Crippen LogP contribution in [0.3, 0.4) is 0 Å². The smallest absolute Gasteiger partial charge is 0.319 e. The first-order valence-electron chi connectivity index (χ1n) is 15.4. The molecule has 230 valence electrons. The molecule has 43 heavy (non-hydrogen) atoms. The molecule has 3 amide bonds. The molecule has 1 fully saturated rings. The molecule has 4 rings (SSSR count). The molecule has 9 nitrogen and oxygen atoms in total. The lowest BCUT2D eigenvalue weighted by atomic mass is 10.0. The number of urea groups is 1. The number of hydrogen-bond acceptors (Lipinski definition) is 6. The third kappa shape index (κ3) is 9.38. The summed E-state index contributed by atoms with van der Waals surface area (Å²) in [6.45, 7) is 12.0. The topological polar surface area (TPSA) is 104 Å². The Balaban J connectivity index is 1.31. The highest BCUT2D eigenvalue weighted by Gasteiger charge is 2.18. The number of anilines is 3. The molecule has 0 bridgehead atoms. The average Bonchev–Trinajstić information content (AvgIpc) is 3.03. The molecule has 0 saturated carbocycles. The van der Waals surface area contributed by atoms with Gasteiger partial charge >= 0.3 is 6.03 Å². The van der Waals surface area contributed by atoms with Gasteiger partial charge in [-0.1, -0.05) is 20.8 Å². The quantitative estimate of drug-likeness (QED) is 0.167. The minimum atomic E-state index is -0.252. The molecule has 0 atom stereocenters. The summed E-state index contributed by atoms with van der Waals surface area (Å²) >= 11 is 0. The number of ether oxygens (including phenoxy) is 2. The summed E-state index contributed by atoms with van der Waals surface area (Å²) in [4.78, 5) is 27.7. The van der Waals surface area contributed by atoms with E-state index in [2.05, 4.69) is 33.1 Å². The fourth-order valence-electron chi connectivity index (χ4n) is 5.07. The number of hydrogen-bond donors (Lipinski definition) is 4. The number of amides is 3. The normalized spacial score (nSPS) is 13.8. The summed E-state index contributed by atoms with van der Waals surface area (Å²) in [5.74, 6) is 1.46. The van der Waals surface area contributed by atoms with E-state index in [-0.39, 0.29) is 18.0 Å². The Kier molecular flexibility index (Phi) is 11.7. The third-order valence-corrected chi connectivity index (χ3v) is 7.71. The van der Waals surface area contributed by atoms with Crippen molar-refractivity contribution in [2.24, 2.45) is 0 Å².